The van der Waals surface area contributed by atoms with Crippen molar-refractivity contribution >= 4 is 17.1 Å². The van der Waals surface area contributed by atoms with Gasteiger partial charge in [-0.15, -0.1) is 0 Å². The molecule has 4 aromatic rings. The predicted molar refractivity (Wildman–Crippen MR) is 182 cm³/mol. The zero-order valence-electron chi connectivity index (χ0n) is 26.5. The molecule has 1 atom stereocenters. The highest BCUT2D eigenvalue weighted by molar-refractivity contribution is 6.01. The smallest absolute Gasteiger partial charge is 0.248 e. The molecular formula is C40H43FN2O2. The monoisotopic (exact) mass is 602 g/mol. The molecule has 1 amide bonds. The van der Waals surface area contributed by atoms with Gasteiger partial charge in [-0.2, -0.15) is 0 Å². The van der Waals surface area contributed by atoms with Crippen molar-refractivity contribution < 1.29 is 13.9 Å². The summed E-state index contributed by atoms with van der Waals surface area (Å²) in [4.78, 5) is 13.9. The molecule has 1 unspecified atom stereocenters. The van der Waals surface area contributed by atoms with Crippen molar-refractivity contribution in [3.05, 3.63) is 124 Å². The standard InChI is InChI=1S/C40H43FN2O2/c1-3-28-24-27(2)8-18-36(28)38-7-4-6-33-25-32(29-9-11-31(12-10-29)40(42)44)15-19-37(33)39(38)30-13-16-34(17-14-30)45-35-20-23-43(26-35)22-5-21-41/h8-19,24-25,35H,3-7,20-23,26H2,1-2H3,(H2,42,44). The molecule has 6 rings (SSSR count). The SMILES string of the molecule is CCc1cc(C)ccc1C1=C(c2ccc(OC3CCN(CCCF)C3)cc2)c2ccc(-c3ccc(C(N)=O)cc3)cc2CCC1. The van der Waals surface area contributed by atoms with Crippen molar-refractivity contribution in [2.75, 3.05) is 26.3 Å². The summed E-state index contributed by atoms with van der Waals surface area (Å²) in [5, 5.41) is 0. The summed E-state index contributed by atoms with van der Waals surface area (Å²) in [6, 6.07) is 29.9. The Morgan fingerprint density at radius 1 is 0.911 bits per heavy atom. The Bertz CT molecular complexity index is 1690. The number of primary amides is 1. The van der Waals surface area contributed by atoms with Crippen molar-refractivity contribution in [3.63, 3.8) is 0 Å². The molecule has 0 radical (unpaired) electrons. The maximum absolute atomic E-state index is 12.7. The molecule has 0 bridgehead atoms. The quantitative estimate of drug-likeness (QED) is 0.198. The van der Waals surface area contributed by atoms with Crippen LogP contribution in [0.4, 0.5) is 4.39 Å². The summed E-state index contributed by atoms with van der Waals surface area (Å²) in [6.45, 7) is 6.76. The second-order valence-electron chi connectivity index (χ2n) is 12.4. The van der Waals surface area contributed by atoms with Crippen LogP contribution in [0, 0.1) is 6.92 Å². The van der Waals surface area contributed by atoms with Crippen molar-refractivity contribution in [1.29, 1.82) is 0 Å². The fourth-order valence-electron chi connectivity index (χ4n) is 6.98. The van der Waals surface area contributed by atoms with Crippen LogP contribution in [0.2, 0.25) is 0 Å². The molecule has 0 spiro atoms. The number of halogens is 1. The van der Waals surface area contributed by atoms with Crippen LogP contribution in [0.15, 0.2) is 84.9 Å². The summed E-state index contributed by atoms with van der Waals surface area (Å²) >= 11 is 0. The Morgan fingerprint density at radius 2 is 1.64 bits per heavy atom. The number of aryl methyl sites for hydroxylation is 3. The lowest BCUT2D eigenvalue weighted by Gasteiger charge is -2.20. The average molecular weight is 603 g/mol. The lowest BCUT2D eigenvalue weighted by atomic mass is 9.85. The molecule has 4 nitrogen and oxygen atoms in total. The highest BCUT2D eigenvalue weighted by atomic mass is 19.1. The second-order valence-corrected chi connectivity index (χ2v) is 12.4. The van der Waals surface area contributed by atoms with Crippen molar-refractivity contribution in [2.45, 2.75) is 58.5 Å². The molecule has 2 aliphatic rings. The number of rotatable bonds is 10. The molecule has 45 heavy (non-hydrogen) atoms. The minimum absolute atomic E-state index is 0.138. The number of fused-ring (bicyclic) bond motifs is 1. The first-order valence-corrected chi connectivity index (χ1v) is 16.4. The van der Waals surface area contributed by atoms with Gasteiger partial charge in [-0.1, -0.05) is 73.2 Å². The molecule has 1 heterocycles. The van der Waals surface area contributed by atoms with Gasteiger partial charge in [0, 0.05) is 25.2 Å². The third-order valence-electron chi connectivity index (χ3n) is 9.30. The molecule has 1 aliphatic heterocycles. The maximum Gasteiger partial charge on any atom is 0.248 e. The van der Waals surface area contributed by atoms with Gasteiger partial charge in [0.05, 0.1) is 6.67 Å². The molecule has 2 N–H and O–H groups in total. The normalized spacial score (nSPS) is 16.8. The van der Waals surface area contributed by atoms with E-state index in [2.05, 4.69) is 79.4 Å². The van der Waals surface area contributed by atoms with E-state index in [-0.39, 0.29) is 12.8 Å². The average Bonchev–Trinajstić information content (AvgIpc) is 3.42. The van der Waals surface area contributed by atoms with E-state index in [4.69, 9.17) is 10.5 Å². The van der Waals surface area contributed by atoms with Crippen LogP contribution in [-0.2, 0) is 12.8 Å². The van der Waals surface area contributed by atoms with Gasteiger partial charge < -0.3 is 10.5 Å². The van der Waals surface area contributed by atoms with Crippen LogP contribution in [0.5, 0.6) is 5.75 Å². The van der Waals surface area contributed by atoms with Crippen LogP contribution in [0.1, 0.15) is 76.3 Å². The molecule has 1 aliphatic carbocycles. The second kappa shape index (κ2) is 13.8. The summed E-state index contributed by atoms with van der Waals surface area (Å²) in [6.07, 6.45) is 5.73. The van der Waals surface area contributed by atoms with Crippen molar-refractivity contribution in [1.82, 2.24) is 4.90 Å². The van der Waals surface area contributed by atoms with E-state index >= 15 is 0 Å². The van der Waals surface area contributed by atoms with Gasteiger partial charge in [0.1, 0.15) is 11.9 Å². The Balaban J connectivity index is 1.38. The zero-order valence-corrected chi connectivity index (χ0v) is 26.5. The third-order valence-corrected chi connectivity index (χ3v) is 9.30. The number of hydrogen-bond donors (Lipinski definition) is 1. The number of nitrogens with zero attached hydrogens (tertiary/aromatic N) is 1. The Morgan fingerprint density at radius 3 is 2.38 bits per heavy atom. The number of benzene rings is 4. The van der Waals surface area contributed by atoms with Gasteiger partial charge in [-0.3, -0.25) is 14.1 Å². The summed E-state index contributed by atoms with van der Waals surface area (Å²) in [5.41, 5.74) is 18.7. The minimum atomic E-state index is -0.413. The van der Waals surface area contributed by atoms with E-state index in [0.29, 0.717) is 12.0 Å². The fraction of sp³-hybridized carbons (Fsp3) is 0.325. The summed E-state index contributed by atoms with van der Waals surface area (Å²) in [5.74, 6) is 0.468. The number of carbonyl (C=O) groups excluding carboxylic acids is 1. The Hall–Kier alpha value is -4.22. The largest absolute Gasteiger partial charge is 0.489 e. The third kappa shape index (κ3) is 6.89. The van der Waals surface area contributed by atoms with E-state index in [1.54, 1.807) is 12.1 Å². The number of ether oxygens (including phenoxy) is 1. The van der Waals surface area contributed by atoms with E-state index in [9.17, 15) is 9.18 Å². The van der Waals surface area contributed by atoms with Gasteiger partial charge >= 0.3 is 0 Å². The lowest BCUT2D eigenvalue weighted by Crippen LogP contribution is -2.26. The first-order valence-electron chi connectivity index (χ1n) is 16.4. The molecule has 232 valence electrons. The number of hydrogen-bond acceptors (Lipinski definition) is 3. The fourth-order valence-corrected chi connectivity index (χ4v) is 6.98. The maximum atomic E-state index is 12.7. The minimum Gasteiger partial charge on any atom is -0.489 e. The molecule has 5 heteroatoms. The van der Waals surface area contributed by atoms with Gasteiger partial charge in [-0.05, 0) is 120 Å². The highest BCUT2D eigenvalue weighted by Gasteiger charge is 2.25. The molecular weight excluding hydrogens is 559 g/mol. The topological polar surface area (TPSA) is 55.6 Å². The molecule has 0 aromatic heterocycles. The first-order chi connectivity index (χ1) is 21.9. The van der Waals surface area contributed by atoms with Gasteiger partial charge in [0.25, 0.3) is 0 Å². The Kier molecular flexibility index (Phi) is 9.46. The van der Waals surface area contributed by atoms with E-state index < -0.39 is 5.91 Å². The molecule has 4 aromatic carbocycles. The lowest BCUT2D eigenvalue weighted by molar-refractivity contribution is 0.100. The number of nitrogens with two attached hydrogens (primary N) is 1. The summed E-state index contributed by atoms with van der Waals surface area (Å²) < 4.78 is 19.0. The summed E-state index contributed by atoms with van der Waals surface area (Å²) in [7, 11) is 0. The number of allylic oxidation sites excluding steroid dienone is 1. The van der Waals surface area contributed by atoms with E-state index in [1.807, 2.05) is 12.1 Å². The van der Waals surface area contributed by atoms with Crippen LogP contribution in [0.3, 0.4) is 0 Å². The van der Waals surface area contributed by atoms with Crippen LogP contribution >= 0.6 is 0 Å². The van der Waals surface area contributed by atoms with Gasteiger partial charge in [0.2, 0.25) is 5.91 Å². The number of alkyl halides is 1. The molecule has 1 fully saturated rings. The Labute approximate surface area is 266 Å². The van der Waals surface area contributed by atoms with Crippen molar-refractivity contribution in [2.24, 2.45) is 5.73 Å². The van der Waals surface area contributed by atoms with E-state index in [1.165, 1.54) is 44.5 Å². The van der Waals surface area contributed by atoms with Crippen LogP contribution < -0.4 is 10.5 Å². The van der Waals surface area contributed by atoms with Gasteiger partial charge in [-0.25, -0.2) is 0 Å². The molecule has 0 saturated carbocycles. The van der Waals surface area contributed by atoms with Crippen LogP contribution in [0.25, 0.3) is 22.3 Å². The van der Waals surface area contributed by atoms with Gasteiger partial charge in [0.15, 0.2) is 0 Å². The first kappa shape index (κ1) is 30.8. The molecule has 1 saturated heterocycles. The highest BCUT2D eigenvalue weighted by Crippen LogP contribution is 2.42. The number of amides is 1. The van der Waals surface area contributed by atoms with Crippen molar-refractivity contribution in [3.8, 4) is 16.9 Å². The number of likely N-dealkylation sites (tertiary alicyclic amines) is 1. The number of carbonyl (C=O) groups is 1. The predicted octanol–water partition coefficient (Wildman–Crippen LogP) is 8.43. The van der Waals surface area contributed by atoms with Crippen LogP contribution in [-0.4, -0.2) is 43.2 Å². The zero-order chi connectivity index (χ0) is 31.3. The van der Waals surface area contributed by atoms with E-state index in [0.717, 1.165) is 68.6 Å².